The van der Waals surface area contributed by atoms with Crippen LogP contribution in [0.5, 0.6) is 0 Å². The number of allylic oxidation sites excluding steroid dienone is 6. The third kappa shape index (κ3) is 3.37. The second-order valence-electron chi connectivity index (χ2n) is 4.91. The molecule has 3 nitrogen and oxygen atoms in total. The van der Waals surface area contributed by atoms with Gasteiger partial charge in [0.25, 0.3) is 0 Å². The van der Waals surface area contributed by atoms with Gasteiger partial charge < -0.3 is 0 Å². The molecule has 101 valence electrons. The third-order valence-electron chi connectivity index (χ3n) is 3.59. The molecule has 1 radical (unpaired) electrons. The first-order valence-corrected chi connectivity index (χ1v) is 6.37. The molecule has 0 aromatic heterocycles. The van der Waals surface area contributed by atoms with Gasteiger partial charge in [0.2, 0.25) is 0 Å². The van der Waals surface area contributed by atoms with Crippen LogP contribution in [-0.4, -0.2) is 17.9 Å². The molecule has 0 spiro atoms. The number of rotatable bonds is 5. The van der Waals surface area contributed by atoms with Gasteiger partial charge in [-0.3, -0.25) is 14.4 Å². The fourth-order valence-electron chi connectivity index (χ4n) is 2.03. The molecule has 0 fully saturated rings. The van der Waals surface area contributed by atoms with Crippen LogP contribution in [0.2, 0.25) is 0 Å². The molecule has 19 heavy (non-hydrogen) atoms. The lowest BCUT2D eigenvalue weighted by Gasteiger charge is -2.17. The topological polar surface area (TPSA) is 51.2 Å². The van der Waals surface area contributed by atoms with Gasteiger partial charge in [-0.2, -0.15) is 0 Å². The molecule has 0 aromatic rings. The van der Waals surface area contributed by atoms with Gasteiger partial charge in [-0.25, -0.2) is 0 Å². The van der Waals surface area contributed by atoms with E-state index < -0.39 is 0 Å². The van der Waals surface area contributed by atoms with Crippen LogP contribution in [0.1, 0.15) is 47.0 Å². The first-order chi connectivity index (χ1) is 8.90. The Morgan fingerprint density at radius 3 is 2.21 bits per heavy atom. The second-order valence-corrected chi connectivity index (χ2v) is 4.91. The molecule has 0 aliphatic heterocycles. The summed E-state index contributed by atoms with van der Waals surface area (Å²) in [7, 11) is 0. The van der Waals surface area contributed by atoms with E-state index in [1.165, 1.54) is 0 Å². The van der Waals surface area contributed by atoms with E-state index in [1.54, 1.807) is 20.8 Å². The van der Waals surface area contributed by atoms with Crippen molar-refractivity contribution < 1.29 is 14.4 Å². The summed E-state index contributed by atoms with van der Waals surface area (Å²) in [5.41, 5.74) is 3.23. The largest absolute Gasteiger partial charge is 0.291 e. The first-order valence-electron chi connectivity index (χ1n) is 6.37. The summed E-state index contributed by atoms with van der Waals surface area (Å²) in [6.07, 6.45) is 5.22. The Kier molecular flexibility index (Phi) is 5.16. The van der Waals surface area contributed by atoms with E-state index in [2.05, 4.69) is 0 Å². The zero-order valence-electron chi connectivity index (χ0n) is 11.9. The molecular formula is C16H19O3. The third-order valence-corrected chi connectivity index (χ3v) is 3.59. The van der Waals surface area contributed by atoms with Crippen molar-refractivity contribution in [2.75, 3.05) is 0 Å². The maximum absolute atomic E-state index is 12.2. The van der Waals surface area contributed by atoms with Crippen LogP contribution in [0.4, 0.5) is 0 Å². The van der Waals surface area contributed by atoms with Crippen LogP contribution < -0.4 is 0 Å². The molecule has 0 atom stereocenters. The highest BCUT2D eigenvalue weighted by Crippen LogP contribution is 2.26. The van der Waals surface area contributed by atoms with Gasteiger partial charge >= 0.3 is 0 Å². The number of Topliss-reactive ketones (excluding diaryl/α,β-unsaturated/α-hetero) is 2. The molecule has 0 saturated carbocycles. The van der Waals surface area contributed by atoms with Crippen LogP contribution in [0.3, 0.4) is 0 Å². The van der Waals surface area contributed by atoms with Crippen molar-refractivity contribution in [2.24, 2.45) is 0 Å². The number of hydrogen-bond donors (Lipinski definition) is 0. The van der Waals surface area contributed by atoms with E-state index in [0.29, 0.717) is 41.6 Å². The van der Waals surface area contributed by atoms with E-state index in [1.807, 2.05) is 19.3 Å². The maximum atomic E-state index is 12.2. The second kappa shape index (κ2) is 6.41. The smallest absolute Gasteiger partial charge is 0.198 e. The van der Waals surface area contributed by atoms with Crippen molar-refractivity contribution in [3.8, 4) is 0 Å². The van der Waals surface area contributed by atoms with Crippen molar-refractivity contribution in [1.29, 1.82) is 0 Å². The number of carbonyl (C=O) groups excluding carboxylic acids is 3. The van der Waals surface area contributed by atoms with Gasteiger partial charge in [-0.15, -0.1) is 0 Å². The average Bonchev–Trinajstić information content (AvgIpc) is 2.40. The van der Waals surface area contributed by atoms with E-state index >= 15 is 0 Å². The van der Waals surface area contributed by atoms with Gasteiger partial charge in [0, 0.05) is 28.7 Å². The Balaban J connectivity index is 2.92. The van der Waals surface area contributed by atoms with Crippen molar-refractivity contribution in [3.63, 3.8) is 0 Å². The molecule has 0 saturated heterocycles. The Labute approximate surface area is 114 Å². The van der Waals surface area contributed by atoms with Crippen LogP contribution in [-0.2, 0) is 14.4 Å². The molecule has 0 unspecified atom stereocenters. The monoisotopic (exact) mass is 259 g/mol. The lowest BCUT2D eigenvalue weighted by atomic mass is 9.84. The van der Waals surface area contributed by atoms with Crippen molar-refractivity contribution in [1.82, 2.24) is 0 Å². The highest BCUT2D eigenvalue weighted by molar-refractivity contribution is 6.24. The summed E-state index contributed by atoms with van der Waals surface area (Å²) in [6.45, 7) is 7.00. The van der Waals surface area contributed by atoms with Gasteiger partial charge in [0.15, 0.2) is 17.9 Å². The highest BCUT2D eigenvalue weighted by Gasteiger charge is 2.26. The fraction of sp³-hybridized carbons (Fsp3) is 0.438. The van der Waals surface area contributed by atoms with Gasteiger partial charge in [0.1, 0.15) is 0 Å². The van der Waals surface area contributed by atoms with Crippen molar-refractivity contribution in [2.45, 2.75) is 47.0 Å². The zero-order chi connectivity index (χ0) is 14.6. The van der Waals surface area contributed by atoms with E-state index in [0.717, 1.165) is 5.57 Å². The number of ketones is 2. The lowest BCUT2D eigenvalue weighted by Crippen LogP contribution is -2.20. The Bertz CT molecular complexity index is 516. The predicted octanol–water partition coefficient (Wildman–Crippen LogP) is 3.02. The van der Waals surface area contributed by atoms with Crippen molar-refractivity contribution in [3.05, 3.63) is 33.9 Å². The van der Waals surface area contributed by atoms with E-state index in [-0.39, 0.29) is 11.6 Å². The molecular weight excluding hydrogens is 240 g/mol. The minimum Gasteiger partial charge on any atom is -0.291 e. The van der Waals surface area contributed by atoms with Crippen LogP contribution in [0.15, 0.2) is 33.9 Å². The Morgan fingerprint density at radius 1 is 1.05 bits per heavy atom. The van der Waals surface area contributed by atoms with Crippen LogP contribution in [0, 0.1) is 0 Å². The maximum Gasteiger partial charge on any atom is 0.198 e. The van der Waals surface area contributed by atoms with Gasteiger partial charge in [0.05, 0.1) is 0 Å². The zero-order valence-corrected chi connectivity index (χ0v) is 11.9. The molecule has 0 bridgehead atoms. The molecule has 1 aliphatic rings. The Hall–Kier alpha value is -1.77. The predicted molar refractivity (Wildman–Crippen MR) is 74.4 cm³/mol. The Morgan fingerprint density at radius 2 is 1.63 bits per heavy atom. The molecule has 0 N–H and O–H groups in total. The van der Waals surface area contributed by atoms with E-state index in [9.17, 15) is 14.4 Å². The van der Waals surface area contributed by atoms with Crippen LogP contribution in [0.25, 0.3) is 0 Å². The minimum atomic E-state index is -0.0422. The molecule has 0 heterocycles. The van der Waals surface area contributed by atoms with Gasteiger partial charge in [-0.1, -0.05) is 11.6 Å². The van der Waals surface area contributed by atoms with Gasteiger partial charge in [-0.05, 0) is 40.5 Å². The highest BCUT2D eigenvalue weighted by atomic mass is 16.1. The van der Waals surface area contributed by atoms with Crippen LogP contribution >= 0.6 is 0 Å². The summed E-state index contributed by atoms with van der Waals surface area (Å²) in [6, 6.07) is 0. The van der Waals surface area contributed by atoms with E-state index in [4.69, 9.17) is 0 Å². The first kappa shape index (κ1) is 15.3. The lowest BCUT2D eigenvalue weighted by molar-refractivity contribution is -0.116. The minimum absolute atomic E-state index is 0.0411. The SMILES string of the molecule is CC1=C(C)C(=O)C(C/C=C(\C)CC[C]=O)=C(C)C1=O. The molecule has 1 rings (SSSR count). The normalized spacial score (nSPS) is 17.4. The quantitative estimate of drug-likeness (QED) is 0.563. The standard InChI is InChI=1S/C16H19O3/c1-10(6-5-9-17)7-8-14-13(4)15(18)11(2)12(3)16(14)19/h7H,5-6,8H2,1-4H3/b10-7+. The summed E-state index contributed by atoms with van der Waals surface area (Å²) < 4.78 is 0. The average molecular weight is 259 g/mol. The summed E-state index contributed by atoms with van der Waals surface area (Å²) in [5.74, 6) is -0.0834. The summed E-state index contributed by atoms with van der Waals surface area (Å²) in [5, 5.41) is 0. The summed E-state index contributed by atoms with van der Waals surface area (Å²) >= 11 is 0. The molecule has 0 aromatic carbocycles. The van der Waals surface area contributed by atoms with Crippen molar-refractivity contribution >= 4 is 17.9 Å². The number of carbonyl (C=O) groups is 2. The molecule has 3 heteroatoms. The summed E-state index contributed by atoms with van der Waals surface area (Å²) in [4.78, 5) is 34.3. The molecule has 1 aliphatic carbocycles. The molecule has 0 amide bonds. The fourth-order valence-corrected chi connectivity index (χ4v) is 2.03. The number of hydrogen-bond acceptors (Lipinski definition) is 3.